The van der Waals surface area contributed by atoms with Crippen molar-refractivity contribution in [1.82, 2.24) is 34.4 Å². The van der Waals surface area contributed by atoms with Crippen molar-refractivity contribution in [2.24, 2.45) is 7.05 Å². The number of hydrogen-bond acceptors (Lipinski definition) is 12. The third kappa shape index (κ3) is 8.75. The molecule has 4 aromatic heterocycles. The summed E-state index contributed by atoms with van der Waals surface area (Å²) in [6.07, 6.45) is 9.55. The number of fused-ring (bicyclic) bond motifs is 1. The number of rotatable bonds is 13. The zero-order valence-electron chi connectivity index (χ0n) is 31.6. The van der Waals surface area contributed by atoms with Crippen LogP contribution in [0.25, 0.3) is 27.8 Å². The van der Waals surface area contributed by atoms with Gasteiger partial charge in [0.2, 0.25) is 0 Å². The van der Waals surface area contributed by atoms with Crippen LogP contribution in [0, 0.1) is 11.6 Å². The Labute approximate surface area is 335 Å². The number of pyridine rings is 2. The first-order chi connectivity index (χ1) is 28.3. The molecule has 4 heterocycles. The number of anilines is 1. The van der Waals surface area contributed by atoms with Crippen molar-refractivity contribution in [3.05, 3.63) is 135 Å². The maximum absolute atomic E-state index is 15.5. The fourth-order valence-electron chi connectivity index (χ4n) is 6.62. The third-order valence-corrected chi connectivity index (χ3v) is 11.1. The van der Waals surface area contributed by atoms with Crippen molar-refractivity contribution >= 4 is 38.5 Å². The van der Waals surface area contributed by atoms with E-state index in [-0.39, 0.29) is 29.1 Å². The van der Waals surface area contributed by atoms with E-state index < -0.39 is 68.2 Å². The molecule has 0 unspecified atom stereocenters. The normalized spacial score (nSPS) is 13.6. The van der Waals surface area contributed by atoms with Crippen molar-refractivity contribution < 1.29 is 36.3 Å². The lowest BCUT2D eigenvalue weighted by molar-refractivity contribution is -0.151. The maximum atomic E-state index is 15.5. The van der Waals surface area contributed by atoms with Gasteiger partial charge in [-0.1, -0.05) is 18.2 Å². The van der Waals surface area contributed by atoms with E-state index >= 15 is 8.78 Å². The molecule has 0 bridgehead atoms. The highest BCUT2D eigenvalue weighted by atomic mass is 32.2. The minimum absolute atomic E-state index is 0.00295. The summed E-state index contributed by atoms with van der Waals surface area (Å²) in [6, 6.07) is 9.55. The van der Waals surface area contributed by atoms with Crippen LogP contribution < -0.4 is 21.3 Å². The number of aromatic nitrogens is 6. The molecule has 1 aliphatic carbocycles. The van der Waals surface area contributed by atoms with Gasteiger partial charge in [-0.05, 0) is 67.1 Å². The predicted octanol–water partition coefficient (Wildman–Crippen LogP) is 3.99. The van der Waals surface area contributed by atoms with Crippen LogP contribution in [-0.4, -0.2) is 68.6 Å². The summed E-state index contributed by atoms with van der Waals surface area (Å²) >= 11 is 0. The number of sulfonamides is 1. The number of methoxy groups -OCH3 is 1. The molecule has 1 fully saturated rings. The van der Waals surface area contributed by atoms with E-state index in [2.05, 4.69) is 25.3 Å². The summed E-state index contributed by atoms with van der Waals surface area (Å²) in [7, 11) is -1.43. The van der Waals surface area contributed by atoms with Crippen molar-refractivity contribution in [1.29, 1.82) is 0 Å². The second kappa shape index (κ2) is 17.0. The van der Waals surface area contributed by atoms with Crippen LogP contribution in [0.5, 0.6) is 0 Å². The van der Waals surface area contributed by atoms with Gasteiger partial charge in [-0.25, -0.2) is 46.3 Å². The van der Waals surface area contributed by atoms with Gasteiger partial charge in [0.25, 0.3) is 21.5 Å². The Morgan fingerprint density at radius 2 is 1.64 bits per heavy atom. The Morgan fingerprint density at radius 1 is 0.915 bits per heavy atom. The zero-order chi connectivity index (χ0) is 41.8. The molecule has 2 aromatic carbocycles. The molecule has 6 aromatic rings. The molecule has 1 aliphatic rings. The van der Waals surface area contributed by atoms with Crippen LogP contribution >= 0.6 is 0 Å². The average Bonchev–Trinajstić information content (AvgIpc) is 3.75. The van der Waals surface area contributed by atoms with E-state index in [1.54, 1.807) is 12.4 Å². The van der Waals surface area contributed by atoms with E-state index in [4.69, 9.17) is 9.47 Å². The summed E-state index contributed by atoms with van der Waals surface area (Å²) in [5.41, 5.74) is -0.935. The molecule has 19 heteroatoms. The van der Waals surface area contributed by atoms with E-state index in [1.165, 1.54) is 79.8 Å². The number of ether oxygens (including phenoxy) is 2. The molecule has 1 atom stereocenters. The van der Waals surface area contributed by atoms with Gasteiger partial charge in [0.1, 0.15) is 36.2 Å². The number of carbonyl (C=O) groups excluding carboxylic acids is 2. The SMILES string of the molecule is COCc1ncc(-c2ccc(S(=O)(=O)Nc3cc(F)c(C(=O)N[C@@H](Cc4ccc(-n5c(=O)c6ccncc6n(C)c5=O)nc4)C(=O)OC4CCCC4)cc3F)cc2)cn1. The van der Waals surface area contributed by atoms with Gasteiger partial charge in [-0.3, -0.25) is 23.9 Å². The van der Waals surface area contributed by atoms with E-state index in [1.807, 2.05) is 4.72 Å². The monoisotopic (exact) mass is 826 g/mol. The number of hydrogen-bond donors (Lipinski definition) is 2. The fourth-order valence-corrected chi connectivity index (χ4v) is 7.68. The van der Waals surface area contributed by atoms with Gasteiger partial charge in [0.05, 0.1) is 33.2 Å². The zero-order valence-corrected chi connectivity index (χ0v) is 32.4. The number of nitrogens with one attached hydrogen (secondary N) is 2. The van der Waals surface area contributed by atoms with Gasteiger partial charge < -0.3 is 14.8 Å². The summed E-state index contributed by atoms with van der Waals surface area (Å²) in [5.74, 6) is -4.08. The first-order valence-corrected chi connectivity index (χ1v) is 19.8. The van der Waals surface area contributed by atoms with Crippen LogP contribution in [0.3, 0.4) is 0 Å². The summed E-state index contributed by atoms with van der Waals surface area (Å²) in [5, 5.41) is 2.66. The Hall–Kier alpha value is -6.73. The summed E-state index contributed by atoms with van der Waals surface area (Å²) < 4.78 is 72.1. The van der Waals surface area contributed by atoms with Gasteiger partial charge >= 0.3 is 11.7 Å². The molecule has 16 nitrogen and oxygen atoms in total. The number of halogens is 2. The first kappa shape index (κ1) is 40.5. The Bertz CT molecular complexity index is 2780. The summed E-state index contributed by atoms with van der Waals surface area (Å²) in [4.78, 5) is 69.6. The van der Waals surface area contributed by atoms with Gasteiger partial charge in [0, 0.05) is 57.0 Å². The molecule has 0 saturated heterocycles. The van der Waals surface area contributed by atoms with Crippen LogP contribution in [0.15, 0.2) is 100 Å². The molecule has 304 valence electrons. The fraction of sp³-hybridized carbons (Fsp3) is 0.250. The predicted molar refractivity (Wildman–Crippen MR) is 209 cm³/mol. The highest BCUT2D eigenvalue weighted by Crippen LogP contribution is 2.26. The van der Waals surface area contributed by atoms with Crippen molar-refractivity contribution in [3.63, 3.8) is 0 Å². The van der Waals surface area contributed by atoms with Crippen LogP contribution in [-0.2, 0) is 44.4 Å². The van der Waals surface area contributed by atoms with Crippen molar-refractivity contribution in [2.75, 3.05) is 11.8 Å². The second-order valence-corrected chi connectivity index (χ2v) is 15.4. The Balaban J connectivity index is 1.08. The Kier molecular flexibility index (Phi) is 11.7. The molecule has 0 spiro atoms. The molecule has 1 amide bonds. The highest BCUT2D eigenvalue weighted by molar-refractivity contribution is 7.92. The van der Waals surface area contributed by atoms with Crippen LogP contribution in [0.4, 0.5) is 14.5 Å². The number of benzene rings is 2. The van der Waals surface area contributed by atoms with Crippen molar-refractivity contribution in [2.45, 2.75) is 55.8 Å². The molecular weight excluding hydrogens is 791 g/mol. The first-order valence-electron chi connectivity index (χ1n) is 18.3. The molecule has 1 saturated carbocycles. The molecule has 7 rings (SSSR count). The third-order valence-electron chi connectivity index (χ3n) is 9.75. The molecule has 0 aliphatic heterocycles. The highest BCUT2D eigenvalue weighted by Gasteiger charge is 2.30. The lowest BCUT2D eigenvalue weighted by Gasteiger charge is -2.21. The quantitative estimate of drug-likeness (QED) is 0.159. The topological polar surface area (TPSA) is 206 Å². The number of nitrogens with zero attached hydrogens (tertiary/aromatic N) is 6. The second-order valence-electron chi connectivity index (χ2n) is 13.7. The average molecular weight is 827 g/mol. The largest absolute Gasteiger partial charge is 0.461 e. The van der Waals surface area contributed by atoms with E-state index in [0.29, 0.717) is 53.0 Å². The molecular formula is C40H36F2N8O8S. The summed E-state index contributed by atoms with van der Waals surface area (Å²) in [6.45, 7) is 0.221. The van der Waals surface area contributed by atoms with E-state index in [0.717, 1.165) is 17.4 Å². The lowest BCUT2D eigenvalue weighted by Crippen LogP contribution is -2.44. The van der Waals surface area contributed by atoms with Crippen LogP contribution in [0.2, 0.25) is 0 Å². The number of amides is 1. The molecule has 0 radical (unpaired) electrons. The van der Waals surface area contributed by atoms with E-state index in [9.17, 15) is 27.6 Å². The molecule has 59 heavy (non-hydrogen) atoms. The smallest absolute Gasteiger partial charge is 0.337 e. The molecule has 2 N–H and O–H groups in total. The number of aryl methyl sites for hydroxylation is 1. The lowest BCUT2D eigenvalue weighted by atomic mass is 10.1. The van der Waals surface area contributed by atoms with Gasteiger partial charge in [-0.15, -0.1) is 0 Å². The van der Waals surface area contributed by atoms with Gasteiger partial charge in [-0.2, -0.15) is 0 Å². The number of carbonyl (C=O) groups is 2. The minimum Gasteiger partial charge on any atom is -0.461 e. The number of esters is 1. The maximum Gasteiger partial charge on any atom is 0.337 e. The van der Waals surface area contributed by atoms with Gasteiger partial charge in [0.15, 0.2) is 5.82 Å². The standard InChI is InChI=1S/C40H36F2N8O8S/c1-49-34-21-43-14-13-28(34)38(52)50(40(49)54)36-12-7-23(18-46-36)15-33(39(53)58-26-5-3-4-6-26)47-37(51)29-16-31(42)32(17-30(29)41)48-59(55,56)27-10-8-24(9-11-27)25-19-44-35(22-57-2)45-20-25/h7-14,16-21,26,33,48H,3-6,15,22H2,1-2H3,(H,47,51)/t33-/m0/s1. The minimum atomic E-state index is -4.42. The van der Waals surface area contributed by atoms with Crippen LogP contribution in [0.1, 0.15) is 47.4 Å². The van der Waals surface area contributed by atoms with Crippen molar-refractivity contribution in [3.8, 4) is 16.9 Å². The Morgan fingerprint density at radius 3 is 2.32 bits per heavy atom.